The minimum Gasteiger partial charge on any atom is -0.471 e. The zero-order valence-corrected chi connectivity index (χ0v) is 14.9. The number of carbonyl (C=O) groups is 1. The molecule has 8 nitrogen and oxygen atoms in total. The van der Waals surface area contributed by atoms with Gasteiger partial charge in [-0.2, -0.15) is 5.10 Å². The lowest BCUT2D eigenvalue weighted by Crippen LogP contribution is -2.15. The number of nitrogens with one attached hydrogen (secondary N) is 1. The van der Waals surface area contributed by atoms with Crippen LogP contribution in [0.15, 0.2) is 54.7 Å². The fraction of sp³-hybridized carbons (Fsp3) is 0.158. The van der Waals surface area contributed by atoms with Crippen molar-refractivity contribution in [3.8, 4) is 5.75 Å². The molecule has 1 heterocycles. The zero-order chi connectivity index (χ0) is 19.4. The molecule has 0 saturated carbocycles. The van der Waals surface area contributed by atoms with E-state index in [1.165, 1.54) is 28.9 Å². The van der Waals surface area contributed by atoms with E-state index in [0.29, 0.717) is 5.75 Å². The molecule has 0 aliphatic carbocycles. The number of ether oxygens (including phenoxy) is 1. The van der Waals surface area contributed by atoms with Gasteiger partial charge in [-0.15, -0.1) is 0 Å². The number of amides is 1. The second-order valence-electron chi connectivity index (χ2n) is 6.07. The molecule has 0 fully saturated rings. The summed E-state index contributed by atoms with van der Waals surface area (Å²) in [6.07, 6.45) is 1.61. The molecule has 0 radical (unpaired) electrons. The normalized spacial score (nSPS) is 10.4. The molecule has 0 aliphatic heterocycles. The number of aromatic nitrogens is 2. The Hall–Kier alpha value is -3.68. The molecular formula is C19H18N4O4. The van der Waals surface area contributed by atoms with Crippen molar-refractivity contribution in [1.82, 2.24) is 9.78 Å². The summed E-state index contributed by atoms with van der Waals surface area (Å²) in [7, 11) is 0. The summed E-state index contributed by atoms with van der Waals surface area (Å²) >= 11 is 0. The first kappa shape index (κ1) is 18.1. The van der Waals surface area contributed by atoms with Crippen LogP contribution in [0, 0.1) is 24.0 Å². The molecule has 138 valence electrons. The van der Waals surface area contributed by atoms with Gasteiger partial charge in [0.1, 0.15) is 11.4 Å². The molecule has 0 bridgehead atoms. The molecule has 2 aromatic carbocycles. The van der Waals surface area contributed by atoms with Crippen molar-refractivity contribution >= 4 is 17.3 Å². The third-order valence-electron chi connectivity index (χ3n) is 3.78. The Morgan fingerprint density at radius 1 is 1.19 bits per heavy atom. The monoisotopic (exact) mass is 366 g/mol. The van der Waals surface area contributed by atoms with Crippen LogP contribution >= 0.6 is 0 Å². The fourth-order valence-corrected chi connectivity index (χ4v) is 2.64. The standard InChI is InChI=1S/C19H18N4O4/c1-13-9-14(2)11-15(10-13)27-12-22-8-7-17(21-22)19(24)20-16-5-3-4-6-18(16)23(25)26/h3-11H,12H2,1-2H3,(H,20,24). The highest BCUT2D eigenvalue weighted by atomic mass is 16.6. The van der Waals surface area contributed by atoms with Crippen LogP contribution in [0.3, 0.4) is 0 Å². The molecule has 0 atom stereocenters. The number of hydrogen-bond acceptors (Lipinski definition) is 5. The Balaban J connectivity index is 1.66. The van der Waals surface area contributed by atoms with Gasteiger partial charge in [-0.1, -0.05) is 18.2 Å². The number of anilines is 1. The Morgan fingerprint density at radius 3 is 2.59 bits per heavy atom. The van der Waals surface area contributed by atoms with Gasteiger partial charge in [-0.3, -0.25) is 14.9 Å². The predicted molar refractivity (Wildman–Crippen MR) is 99.8 cm³/mol. The number of rotatable bonds is 6. The number of nitrogens with zero attached hydrogens (tertiary/aromatic N) is 3. The first-order valence-electron chi connectivity index (χ1n) is 8.22. The van der Waals surface area contributed by atoms with E-state index >= 15 is 0 Å². The Kier molecular flexibility index (Phi) is 5.16. The van der Waals surface area contributed by atoms with Crippen LogP contribution in [-0.2, 0) is 6.73 Å². The van der Waals surface area contributed by atoms with E-state index in [1.807, 2.05) is 32.0 Å². The molecule has 27 heavy (non-hydrogen) atoms. The molecular weight excluding hydrogens is 348 g/mol. The van der Waals surface area contributed by atoms with Crippen LogP contribution in [0.5, 0.6) is 5.75 Å². The number of benzene rings is 2. The van der Waals surface area contributed by atoms with E-state index in [4.69, 9.17) is 4.74 Å². The summed E-state index contributed by atoms with van der Waals surface area (Å²) in [5.74, 6) is 0.184. The van der Waals surface area contributed by atoms with Crippen molar-refractivity contribution in [3.63, 3.8) is 0 Å². The molecule has 1 amide bonds. The summed E-state index contributed by atoms with van der Waals surface area (Å²) in [5, 5.41) is 17.7. The molecule has 3 rings (SSSR count). The number of nitro groups is 1. The first-order valence-corrected chi connectivity index (χ1v) is 8.22. The van der Waals surface area contributed by atoms with Gasteiger partial charge in [-0.05, 0) is 49.2 Å². The summed E-state index contributed by atoms with van der Waals surface area (Å²) in [4.78, 5) is 22.8. The molecule has 0 unspecified atom stereocenters. The maximum absolute atomic E-state index is 12.3. The molecule has 8 heteroatoms. The van der Waals surface area contributed by atoms with E-state index in [1.54, 1.807) is 12.3 Å². The fourth-order valence-electron chi connectivity index (χ4n) is 2.64. The Labute approximate surface area is 155 Å². The maximum Gasteiger partial charge on any atom is 0.292 e. The van der Waals surface area contributed by atoms with Crippen molar-refractivity contribution < 1.29 is 14.5 Å². The van der Waals surface area contributed by atoms with Crippen molar-refractivity contribution in [3.05, 3.63) is 81.7 Å². The van der Waals surface area contributed by atoms with Crippen LogP contribution < -0.4 is 10.1 Å². The zero-order valence-electron chi connectivity index (χ0n) is 14.9. The topological polar surface area (TPSA) is 99.3 Å². The lowest BCUT2D eigenvalue weighted by molar-refractivity contribution is -0.383. The number of nitro benzene ring substituents is 1. The van der Waals surface area contributed by atoms with Gasteiger partial charge in [-0.25, -0.2) is 4.68 Å². The third kappa shape index (κ3) is 4.49. The van der Waals surface area contributed by atoms with Crippen LogP contribution in [0.4, 0.5) is 11.4 Å². The molecule has 3 aromatic rings. The van der Waals surface area contributed by atoms with E-state index in [9.17, 15) is 14.9 Å². The van der Waals surface area contributed by atoms with Gasteiger partial charge in [0.2, 0.25) is 0 Å². The highest BCUT2D eigenvalue weighted by molar-refractivity contribution is 6.04. The van der Waals surface area contributed by atoms with E-state index in [0.717, 1.165) is 11.1 Å². The summed E-state index contributed by atoms with van der Waals surface area (Å²) in [5.41, 5.74) is 2.26. The average molecular weight is 366 g/mol. The maximum atomic E-state index is 12.3. The summed E-state index contributed by atoms with van der Waals surface area (Å²) < 4.78 is 7.17. The second kappa shape index (κ2) is 7.69. The average Bonchev–Trinajstić information content (AvgIpc) is 3.08. The molecule has 0 spiro atoms. The second-order valence-corrected chi connectivity index (χ2v) is 6.07. The van der Waals surface area contributed by atoms with Crippen molar-refractivity contribution in [1.29, 1.82) is 0 Å². The van der Waals surface area contributed by atoms with E-state index in [-0.39, 0.29) is 23.8 Å². The van der Waals surface area contributed by atoms with Gasteiger partial charge in [0.25, 0.3) is 11.6 Å². The molecule has 0 aliphatic rings. The summed E-state index contributed by atoms with van der Waals surface area (Å²) in [6, 6.07) is 13.3. The summed E-state index contributed by atoms with van der Waals surface area (Å²) in [6.45, 7) is 4.11. The number of para-hydroxylation sites is 2. The van der Waals surface area contributed by atoms with Crippen molar-refractivity contribution in [2.75, 3.05) is 5.32 Å². The molecule has 1 aromatic heterocycles. The minimum absolute atomic E-state index is 0.119. The Bertz CT molecular complexity index is 977. The van der Waals surface area contributed by atoms with Gasteiger partial charge in [0.15, 0.2) is 12.4 Å². The predicted octanol–water partition coefficient (Wildman–Crippen LogP) is 3.70. The largest absolute Gasteiger partial charge is 0.471 e. The van der Waals surface area contributed by atoms with Crippen LogP contribution in [0.1, 0.15) is 21.6 Å². The minimum atomic E-state index is -0.550. The highest BCUT2D eigenvalue weighted by Crippen LogP contribution is 2.23. The lowest BCUT2D eigenvalue weighted by Gasteiger charge is -2.08. The van der Waals surface area contributed by atoms with Crippen LogP contribution in [0.25, 0.3) is 0 Å². The third-order valence-corrected chi connectivity index (χ3v) is 3.78. The van der Waals surface area contributed by atoms with Crippen molar-refractivity contribution in [2.45, 2.75) is 20.6 Å². The first-order chi connectivity index (χ1) is 12.9. The number of hydrogen-bond donors (Lipinski definition) is 1. The quantitative estimate of drug-likeness (QED) is 0.530. The van der Waals surface area contributed by atoms with Gasteiger partial charge >= 0.3 is 0 Å². The van der Waals surface area contributed by atoms with Gasteiger partial charge < -0.3 is 10.1 Å². The van der Waals surface area contributed by atoms with Crippen LogP contribution in [0.2, 0.25) is 0 Å². The molecule has 0 saturated heterocycles. The number of carbonyl (C=O) groups excluding carboxylic acids is 1. The van der Waals surface area contributed by atoms with Gasteiger partial charge in [0.05, 0.1) is 4.92 Å². The van der Waals surface area contributed by atoms with E-state index in [2.05, 4.69) is 10.4 Å². The van der Waals surface area contributed by atoms with Crippen molar-refractivity contribution in [2.24, 2.45) is 0 Å². The Morgan fingerprint density at radius 2 is 1.89 bits per heavy atom. The number of aryl methyl sites for hydroxylation is 2. The highest BCUT2D eigenvalue weighted by Gasteiger charge is 2.17. The van der Waals surface area contributed by atoms with E-state index < -0.39 is 10.8 Å². The van der Waals surface area contributed by atoms with Gasteiger partial charge in [0, 0.05) is 12.3 Å². The van der Waals surface area contributed by atoms with Crippen LogP contribution in [-0.4, -0.2) is 20.6 Å². The SMILES string of the molecule is Cc1cc(C)cc(OCn2ccc(C(=O)Nc3ccccc3[N+](=O)[O-])n2)c1. The smallest absolute Gasteiger partial charge is 0.292 e. The lowest BCUT2D eigenvalue weighted by atomic mass is 10.1. The molecule has 1 N–H and O–H groups in total.